The van der Waals surface area contributed by atoms with E-state index in [0.29, 0.717) is 0 Å². The molecule has 24 heavy (non-hydrogen) atoms. The fraction of sp³-hybridized carbons (Fsp3) is 0.533. The minimum absolute atomic E-state index is 0.240. The second kappa shape index (κ2) is 6.17. The van der Waals surface area contributed by atoms with Crippen molar-refractivity contribution in [3.8, 4) is 0 Å². The quantitative estimate of drug-likeness (QED) is 0.543. The van der Waals surface area contributed by atoms with Gasteiger partial charge >= 0.3 is 15.2 Å². The molecule has 0 aromatic heterocycles. The van der Waals surface area contributed by atoms with Crippen LogP contribution in [-0.4, -0.2) is 25.4 Å². The van der Waals surface area contributed by atoms with Gasteiger partial charge in [0, 0.05) is 11.1 Å². The molecule has 0 atom stereocenters. The number of ketones is 1. The SMILES string of the molecule is CC(C)(C)C1=CC(=C(P(=O)(O)O)P(=O)(O)O)C=C(C(C)(C)C)C1=O. The van der Waals surface area contributed by atoms with Gasteiger partial charge in [-0.05, 0) is 28.6 Å². The van der Waals surface area contributed by atoms with Crippen LogP contribution in [0.4, 0.5) is 0 Å². The summed E-state index contributed by atoms with van der Waals surface area (Å²) in [4.78, 5) is 50.4. The number of allylic oxidation sites excluding steroid dienone is 5. The van der Waals surface area contributed by atoms with E-state index < -0.39 is 31.1 Å². The molecule has 0 amide bonds. The molecule has 0 saturated heterocycles. The lowest BCUT2D eigenvalue weighted by molar-refractivity contribution is -0.114. The molecule has 1 aliphatic rings. The minimum Gasteiger partial charge on any atom is -0.321 e. The first-order chi connectivity index (χ1) is 10.4. The normalized spacial score (nSPS) is 17.6. The van der Waals surface area contributed by atoms with Crippen LogP contribution in [0.15, 0.2) is 33.9 Å². The van der Waals surface area contributed by atoms with Crippen LogP contribution in [0.3, 0.4) is 0 Å². The number of carbonyl (C=O) groups is 1. The Bertz CT molecular complexity index is 686. The van der Waals surface area contributed by atoms with Crippen molar-refractivity contribution in [1.82, 2.24) is 0 Å². The zero-order valence-corrected chi connectivity index (χ0v) is 16.4. The lowest BCUT2D eigenvalue weighted by atomic mass is 9.72. The smallest absolute Gasteiger partial charge is 0.321 e. The van der Waals surface area contributed by atoms with Crippen LogP contribution in [0, 0.1) is 10.8 Å². The summed E-state index contributed by atoms with van der Waals surface area (Å²) < 4.78 is 23.3. The van der Waals surface area contributed by atoms with E-state index in [4.69, 9.17) is 0 Å². The third kappa shape index (κ3) is 4.63. The molecule has 4 N–H and O–H groups in total. The minimum atomic E-state index is -5.23. The molecule has 1 aliphatic carbocycles. The van der Waals surface area contributed by atoms with Crippen LogP contribution >= 0.6 is 15.2 Å². The largest absolute Gasteiger partial charge is 0.365 e. The van der Waals surface area contributed by atoms with Gasteiger partial charge in [-0.2, -0.15) is 0 Å². The maximum absolute atomic E-state index is 12.7. The highest BCUT2D eigenvalue weighted by Gasteiger charge is 2.42. The van der Waals surface area contributed by atoms with E-state index in [-0.39, 0.29) is 22.5 Å². The van der Waals surface area contributed by atoms with Gasteiger partial charge in [-0.1, -0.05) is 41.5 Å². The molecule has 1 rings (SSSR count). The number of rotatable bonds is 2. The Labute approximate surface area is 141 Å². The lowest BCUT2D eigenvalue weighted by Crippen LogP contribution is -2.28. The molecular weight excluding hydrogens is 354 g/mol. The van der Waals surface area contributed by atoms with Gasteiger partial charge in [0.1, 0.15) is 0 Å². The van der Waals surface area contributed by atoms with Crippen molar-refractivity contribution in [3.05, 3.63) is 33.9 Å². The molecular formula is C15H24O7P2. The summed E-state index contributed by atoms with van der Waals surface area (Å²) in [6, 6.07) is 0. The van der Waals surface area contributed by atoms with Gasteiger partial charge in [0.25, 0.3) is 0 Å². The lowest BCUT2D eigenvalue weighted by Gasteiger charge is -2.32. The highest BCUT2D eigenvalue weighted by molar-refractivity contribution is 7.77. The second-order valence-corrected chi connectivity index (χ2v) is 11.2. The highest BCUT2D eigenvalue weighted by atomic mass is 31.2. The summed E-state index contributed by atoms with van der Waals surface area (Å²) >= 11 is 0. The van der Waals surface area contributed by atoms with Crippen LogP contribution in [-0.2, 0) is 13.9 Å². The van der Waals surface area contributed by atoms with Crippen molar-refractivity contribution in [1.29, 1.82) is 0 Å². The molecule has 0 fully saturated rings. The fourth-order valence-corrected chi connectivity index (χ4v) is 4.67. The maximum atomic E-state index is 12.7. The van der Waals surface area contributed by atoms with Crippen LogP contribution < -0.4 is 0 Å². The van der Waals surface area contributed by atoms with Crippen molar-refractivity contribution in [2.75, 3.05) is 0 Å². The van der Waals surface area contributed by atoms with Crippen LogP contribution in [0.5, 0.6) is 0 Å². The Hall–Kier alpha value is -0.810. The average Bonchev–Trinajstić information content (AvgIpc) is 2.24. The predicted octanol–water partition coefficient (Wildman–Crippen LogP) is 3.08. The average molecular weight is 378 g/mol. The van der Waals surface area contributed by atoms with Gasteiger partial charge in [-0.3, -0.25) is 13.9 Å². The summed E-state index contributed by atoms with van der Waals surface area (Å²) in [7, 11) is -10.5. The number of hydrogen-bond donors (Lipinski definition) is 4. The fourth-order valence-electron chi connectivity index (χ4n) is 2.38. The van der Waals surface area contributed by atoms with Crippen molar-refractivity contribution >= 4 is 21.0 Å². The second-order valence-electron chi connectivity index (χ2n) is 7.81. The van der Waals surface area contributed by atoms with E-state index in [1.165, 1.54) is 12.2 Å². The molecule has 7 nitrogen and oxygen atoms in total. The van der Waals surface area contributed by atoms with Gasteiger partial charge < -0.3 is 19.6 Å². The molecule has 0 heterocycles. The van der Waals surface area contributed by atoms with E-state index in [2.05, 4.69) is 0 Å². The number of hydrogen-bond acceptors (Lipinski definition) is 3. The monoisotopic (exact) mass is 378 g/mol. The van der Waals surface area contributed by atoms with E-state index in [0.717, 1.165) is 0 Å². The first kappa shape index (κ1) is 21.2. The van der Waals surface area contributed by atoms with Crippen molar-refractivity contribution in [3.63, 3.8) is 0 Å². The predicted molar refractivity (Wildman–Crippen MR) is 91.2 cm³/mol. The van der Waals surface area contributed by atoms with Gasteiger partial charge in [0.2, 0.25) is 0 Å². The zero-order valence-electron chi connectivity index (χ0n) is 14.6. The van der Waals surface area contributed by atoms with E-state index in [1.54, 1.807) is 41.5 Å². The number of Topliss-reactive ketones (excluding diaryl/α,β-unsaturated/α-hetero) is 1. The molecule has 0 spiro atoms. The Morgan fingerprint density at radius 3 is 1.29 bits per heavy atom. The standard InChI is InChI=1S/C15H24O7P2/c1-14(2,3)10-7-9(8-11(12(10)16)15(4,5)6)13(23(17,18)19)24(20,21)22/h7-8H,1-6H3,(H2,17,18,19)(H2,20,21,22). The zero-order chi connectivity index (χ0) is 19.3. The van der Waals surface area contributed by atoms with Crippen LogP contribution in [0.1, 0.15) is 41.5 Å². The van der Waals surface area contributed by atoms with Crippen LogP contribution in [0.2, 0.25) is 0 Å². The van der Waals surface area contributed by atoms with Crippen molar-refractivity contribution < 1.29 is 33.5 Å². The first-order valence-corrected chi connectivity index (χ1v) is 10.4. The summed E-state index contributed by atoms with van der Waals surface area (Å²) in [5.41, 5.74) is -1.15. The third-order valence-electron chi connectivity index (χ3n) is 3.51. The Balaban J connectivity index is 3.96. The third-order valence-corrected chi connectivity index (χ3v) is 6.70. The van der Waals surface area contributed by atoms with Crippen molar-refractivity contribution in [2.24, 2.45) is 10.8 Å². The molecule has 0 unspecified atom stereocenters. The van der Waals surface area contributed by atoms with Crippen molar-refractivity contribution in [2.45, 2.75) is 41.5 Å². The summed E-state index contributed by atoms with van der Waals surface area (Å²) in [6.45, 7) is 10.5. The highest BCUT2D eigenvalue weighted by Crippen LogP contribution is 2.66. The topological polar surface area (TPSA) is 132 Å². The molecule has 9 heteroatoms. The summed E-state index contributed by atoms with van der Waals surface area (Å²) in [5.74, 6) is -0.297. The van der Waals surface area contributed by atoms with Crippen LogP contribution in [0.25, 0.3) is 0 Å². The molecule has 0 aromatic rings. The van der Waals surface area contributed by atoms with E-state index in [1.807, 2.05) is 0 Å². The Morgan fingerprint density at radius 2 is 1.08 bits per heavy atom. The summed E-state index contributed by atoms with van der Waals surface area (Å²) in [5, 5.41) is -1.26. The van der Waals surface area contributed by atoms with E-state index in [9.17, 15) is 33.5 Å². The van der Waals surface area contributed by atoms with Gasteiger partial charge in [0.05, 0.1) is 0 Å². The number of carbonyl (C=O) groups excluding carboxylic acids is 1. The molecule has 136 valence electrons. The molecule has 0 bridgehead atoms. The molecule has 0 saturated carbocycles. The van der Waals surface area contributed by atoms with E-state index >= 15 is 0 Å². The van der Waals surface area contributed by atoms with Gasteiger partial charge in [-0.15, -0.1) is 0 Å². The molecule has 0 radical (unpaired) electrons. The molecule has 0 aromatic carbocycles. The Kier molecular flexibility index (Phi) is 5.46. The van der Waals surface area contributed by atoms with Gasteiger partial charge in [-0.25, -0.2) is 0 Å². The summed E-state index contributed by atoms with van der Waals surface area (Å²) in [6.07, 6.45) is 2.34. The Morgan fingerprint density at radius 1 is 0.792 bits per heavy atom. The van der Waals surface area contributed by atoms with Gasteiger partial charge in [0.15, 0.2) is 10.8 Å². The molecule has 0 aliphatic heterocycles. The first-order valence-electron chi connectivity index (χ1n) is 7.22. The maximum Gasteiger partial charge on any atom is 0.365 e.